The van der Waals surface area contributed by atoms with Gasteiger partial charge in [-0.05, 0) is 53.1 Å². The summed E-state index contributed by atoms with van der Waals surface area (Å²) in [5.74, 6) is 0.644. The number of nitrogens with one attached hydrogen (secondary N) is 1. The van der Waals surface area contributed by atoms with E-state index in [9.17, 15) is 4.79 Å². The molecule has 134 valence electrons. The van der Waals surface area contributed by atoms with Crippen LogP contribution in [-0.2, 0) is 17.8 Å². The van der Waals surface area contributed by atoms with Gasteiger partial charge in [0.05, 0.1) is 17.3 Å². The van der Waals surface area contributed by atoms with E-state index in [0.29, 0.717) is 11.6 Å². The van der Waals surface area contributed by atoms with Crippen LogP contribution in [0.25, 0.3) is 11.1 Å². The average molecular weight is 388 g/mol. The molecule has 1 atom stereocenters. The number of aromatic nitrogens is 2. The number of halogens is 1. The third-order valence-electron chi connectivity index (χ3n) is 4.31. The van der Waals surface area contributed by atoms with Crippen LogP contribution in [0.3, 0.4) is 0 Å². The number of carbonyl (C=O) groups excluding carboxylic acids is 1. The Labute approximate surface area is 160 Å². The van der Waals surface area contributed by atoms with Gasteiger partial charge < -0.3 is 10.1 Å². The summed E-state index contributed by atoms with van der Waals surface area (Å²) >= 11 is 8.07. The largest absolute Gasteiger partial charge is 0.486 e. The van der Waals surface area contributed by atoms with Gasteiger partial charge in [-0.25, -0.2) is 0 Å². The van der Waals surface area contributed by atoms with Crippen molar-refractivity contribution in [2.24, 2.45) is 0 Å². The molecule has 0 aliphatic carbocycles. The minimum atomic E-state index is -0.108. The summed E-state index contributed by atoms with van der Waals surface area (Å²) in [6.45, 7) is 2.54. The second kappa shape index (κ2) is 7.13. The fraction of sp³-hybridized carbons (Fsp3) is 0.263. The molecule has 0 radical (unpaired) electrons. The van der Waals surface area contributed by atoms with Crippen molar-refractivity contribution in [2.45, 2.75) is 26.0 Å². The van der Waals surface area contributed by atoms with Crippen LogP contribution >= 0.6 is 22.9 Å². The van der Waals surface area contributed by atoms with Crippen LogP contribution in [0.15, 0.2) is 41.2 Å². The number of rotatable bonds is 5. The van der Waals surface area contributed by atoms with Crippen molar-refractivity contribution < 1.29 is 9.53 Å². The molecule has 0 bridgehead atoms. The number of benzene rings is 1. The molecule has 1 amide bonds. The van der Waals surface area contributed by atoms with Gasteiger partial charge in [-0.1, -0.05) is 11.6 Å². The number of hydrogen-bond donors (Lipinski definition) is 1. The topological polar surface area (TPSA) is 56.2 Å². The SMILES string of the molecule is Cc1ccn(CC(=O)NC[C@H]2Cc3cc(-c4ccsc4)cc(Cl)c3O2)n1. The molecule has 1 aliphatic heterocycles. The Morgan fingerprint density at radius 1 is 1.42 bits per heavy atom. The molecule has 26 heavy (non-hydrogen) atoms. The molecule has 3 aromatic rings. The lowest BCUT2D eigenvalue weighted by Gasteiger charge is -2.12. The van der Waals surface area contributed by atoms with Crippen molar-refractivity contribution >= 4 is 28.8 Å². The van der Waals surface area contributed by atoms with E-state index in [1.807, 2.05) is 24.4 Å². The van der Waals surface area contributed by atoms with Crippen molar-refractivity contribution in [3.05, 3.63) is 57.5 Å². The molecule has 7 heteroatoms. The van der Waals surface area contributed by atoms with E-state index in [1.165, 1.54) is 0 Å². The van der Waals surface area contributed by atoms with Crippen LogP contribution in [0, 0.1) is 6.92 Å². The van der Waals surface area contributed by atoms with E-state index in [-0.39, 0.29) is 18.6 Å². The lowest BCUT2D eigenvalue weighted by atomic mass is 10.0. The summed E-state index contributed by atoms with van der Waals surface area (Å²) in [5.41, 5.74) is 4.23. The maximum atomic E-state index is 12.1. The number of nitrogens with zero attached hydrogens (tertiary/aromatic N) is 2. The smallest absolute Gasteiger partial charge is 0.241 e. The van der Waals surface area contributed by atoms with E-state index < -0.39 is 0 Å². The van der Waals surface area contributed by atoms with Gasteiger partial charge >= 0.3 is 0 Å². The summed E-state index contributed by atoms with van der Waals surface area (Å²) in [6.07, 6.45) is 2.42. The zero-order chi connectivity index (χ0) is 18.1. The Balaban J connectivity index is 1.38. The Hall–Kier alpha value is -2.31. The predicted octanol–water partition coefficient (Wildman–Crippen LogP) is 3.69. The fourth-order valence-corrected chi connectivity index (χ4v) is 4.03. The Bertz CT molecular complexity index is 936. The third-order valence-corrected chi connectivity index (χ3v) is 5.28. The van der Waals surface area contributed by atoms with E-state index in [2.05, 4.69) is 27.9 Å². The molecule has 0 saturated carbocycles. The number of amides is 1. The van der Waals surface area contributed by atoms with Gasteiger partial charge in [-0.3, -0.25) is 9.48 Å². The van der Waals surface area contributed by atoms with Crippen LogP contribution in [0.5, 0.6) is 5.75 Å². The lowest BCUT2D eigenvalue weighted by molar-refractivity contribution is -0.122. The molecule has 0 unspecified atom stereocenters. The summed E-state index contributed by atoms with van der Waals surface area (Å²) in [4.78, 5) is 12.1. The Morgan fingerprint density at radius 2 is 2.31 bits per heavy atom. The zero-order valence-electron chi connectivity index (χ0n) is 14.2. The minimum absolute atomic E-state index is 0.0854. The summed E-state index contributed by atoms with van der Waals surface area (Å²) in [5, 5.41) is 11.9. The molecule has 1 aromatic carbocycles. The van der Waals surface area contributed by atoms with Gasteiger partial charge in [0.1, 0.15) is 18.4 Å². The molecular formula is C19H18ClN3O2S. The molecule has 1 aliphatic rings. The van der Waals surface area contributed by atoms with Gasteiger partial charge in [0.15, 0.2) is 0 Å². The van der Waals surface area contributed by atoms with Gasteiger partial charge in [-0.2, -0.15) is 16.4 Å². The Morgan fingerprint density at radius 3 is 3.04 bits per heavy atom. The van der Waals surface area contributed by atoms with Crippen LogP contribution in [0.1, 0.15) is 11.3 Å². The highest BCUT2D eigenvalue weighted by Crippen LogP contribution is 2.39. The van der Waals surface area contributed by atoms with E-state index in [0.717, 1.165) is 34.6 Å². The third kappa shape index (κ3) is 3.61. The highest BCUT2D eigenvalue weighted by Gasteiger charge is 2.26. The first-order valence-corrected chi connectivity index (χ1v) is 9.69. The van der Waals surface area contributed by atoms with Crippen molar-refractivity contribution in [1.29, 1.82) is 0 Å². The first-order valence-electron chi connectivity index (χ1n) is 8.37. The normalized spacial score (nSPS) is 15.5. The van der Waals surface area contributed by atoms with Crippen molar-refractivity contribution in [2.75, 3.05) is 6.54 Å². The van der Waals surface area contributed by atoms with Crippen LogP contribution in [-0.4, -0.2) is 28.3 Å². The molecule has 4 rings (SSSR count). The highest BCUT2D eigenvalue weighted by molar-refractivity contribution is 7.08. The van der Waals surface area contributed by atoms with E-state index in [4.69, 9.17) is 16.3 Å². The van der Waals surface area contributed by atoms with Crippen LogP contribution in [0.4, 0.5) is 0 Å². The maximum absolute atomic E-state index is 12.1. The second-order valence-electron chi connectivity index (χ2n) is 6.36. The number of hydrogen-bond acceptors (Lipinski definition) is 4. The second-order valence-corrected chi connectivity index (χ2v) is 7.55. The standard InChI is InChI=1S/C19H18ClN3O2S/c1-12-2-4-23(22-12)10-18(24)21-9-16-7-15-6-14(13-3-5-26-11-13)8-17(20)19(15)25-16/h2-6,8,11,16H,7,9-10H2,1H3,(H,21,24)/t16-/m1/s1. The quantitative estimate of drug-likeness (QED) is 0.726. The molecular weight excluding hydrogens is 370 g/mol. The molecule has 0 saturated heterocycles. The van der Waals surface area contributed by atoms with Gasteiger partial charge in [0.25, 0.3) is 0 Å². The number of ether oxygens (including phenoxy) is 1. The first-order chi connectivity index (χ1) is 12.6. The lowest BCUT2D eigenvalue weighted by Crippen LogP contribution is -2.36. The number of fused-ring (bicyclic) bond motifs is 1. The molecule has 0 fully saturated rings. The van der Waals surface area contributed by atoms with Crippen LogP contribution in [0.2, 0.25) is 5.02 Å². The fourth-order valence-electron chi connectivity index (χ4n) is 3.08. The number of thiophene rings is 1. The predicted molar refractivity (Wildman–Crippen MR) is 103 cm³/mol. The van der Waals surface area contributed by atoms with E-state index >= 15 is 0 Å². The highest BCUT2D eigenvalue weighted by atomic mass is 35.5. The first kappa shape index (κ1) is 17.1. The molecule has 1 N–H and O–H groups in total. The van der Waals surface area contributed by atoms with Crippen LogP contribution < -0.4 is 10.1 Å². The van der Waals surface area contributed by atoms with Gasteiger partial charge in [0, 0.05) is 18.2 Å². The minimum Gasteiger partial charge on any atom is -0.486 e. The van der Waals surface area contributed by atoms with Crippen molar-refractivity contribution in [3.8, 4) is 16.9 Å². The maximum Gasteiger partial charge on any atom is 0.241 e. The summed E-state index contributed by atoms with van der Waals surface area (Å²) < 4.78 is 7.57. The molecule has 5 nitrogen and oxygen atoms in total. The monoisotopic (exact) mass is 387 g/mol. The Kier molecular flexibility index (Phi) is 4.70. The van der Waals surface area contributed by atoms with Gasteiger partial charge in [0.2, 0.25) is 5.91 Å². The van der Waals surface area contributed by atoms with Gasteiger partial charge in [-0.15, -0.1) is 0 Å². The summed E-state index contributed by atoms with van der Waals surface area (Å²) in [7, 11) is 0. The van der Waals surface area contributed by atoms with Crippen molar-refractivity contribution in [1.82, 2.24) is 15.1 Å². The molecule has 3 heterocycles. The van der Waals surface area contributed by atoms with Crippen molar-refractivity contribution in [3.63, 3.8) is 0 Å². The molecule has 0 spiro atoms. The number of aryl methyl sites for hydroxylation is 1. The number of carbonyl (C=O) groups is 1. The zero-order valence-corrected chi connectivity index (χ0v) is 15.8. The van der Waals surface area contributed by atoms with E-state index in [1.54, 1.807) is 22.2 Å². The average Bonchev–Trinajstić information content (AvgIpc) is 3.33. The molecule has 2 aromatic heterocycles. The summed E-state index contributed by atoms with van der Waals surface area (Å²) in [6, 6.07) is 8.01.